The first-order valence-corrected chi connectivity index (χ1v) is 11.9. The van der Waals surface area contributed by atoms with Crippen molar-refractivity contribution in [1.29, 1.82) is 0 Å². The number of hydrogen-bond donors (Lipinski definition) is 0. The molecule has 1 aromatic heterocycles. The van der Waals surface area contributed by atoms with Crippen LogP contribution in [0.1, 0.15) is 54.9 Å². The molecule has 1 spiro atoms. The number of likely N-dealkylation sites (tertiary alicyclic amines) is 2. The molecule has 2 saturated heterocycles. The van der Waals surface area contributed by atoms with Crippen LogP contribution in [0.15, 0.2) is 83.5 Å². The summed E-state index contributed by atoms with van der Waals surface area (Å²) in [5, 5.41) is 0. The summed E-state index contributed by atoms with van der Waals surface area (Å²) >= 11 is 0. The van der Waals surface area contributed by atoms with E-state index in [4.69, 9.17) is 4.42 Å². The Morgan fingerprint density at radius 2 is 1.61 bits per heavy atom. The van der Waals surface area contributed by atoms with Crippen LogP contribution in [-0.4, -0.2) is 40.2 Å². The van der Waals surface area contributed by atoms with E-state index in [0.717, 1.165) is 36.1 Å². The van der Waals surface area contributed by atoms with Gasteiger partial charge < -0.3 is 14.2 Å². The van der Waals surface area contributed by atoms with Gasteiger partial charge in [0.2, 0.25) is 11.8 Å². The molecule has 0 aliphatic carbocycles. The van der Waals surface area contributed by atoms with Crippen LogP contribution in [0.4, 0.5) is 0 Å². The van der Waals surface area contributed by atoms with Crippen LogP contribution in [-0.2, 0) is 16.1 Å². The minimum Gasteiger partial charge on any atom is -0.469 e. The van der Waals surface area contributed by atoms with Gasteiger partial charge in [0.25, 0.3) is 0 Å². The molecule has 3 heterocycles. The topological polar surface area (TPSA) is 53.8 Å². The van der Waals surface area contributed by atoms with Gasteiger partial charge in [-0.1, -0.05) is 60.7 Å². The van der Waals surface area contributed by atoms with E-state index in [-0.39, 0.29) is 23.3 Å². The van der Waals surface area contributed by atoms with Crippen LogP contribution in [0.3, 0.4) is 0 Å². The molecule has 0 N–H and O–H groups in total. The Labute approximate surface area is 195 Å². The fourth-order valence-corrected chi connectivity index (χ4v) is 5.45. The molecule has 5 rings (SSSR count). The van der Waals surface area contributed by atoms with Gasteiger partial charge in [0.15, 0.2) is 0 Å². The molecule has 2 aliphatic rings. The average Bonchev–Trinajstić information content (AvgIpc) is 3.49. The Balaban J connectivity index is 1.26. The fraction of sp³-hybridized carbons (Fsp3) is 0.357. The Hall–Kier alpha value is -3.34. The molecule has 2 amide bonds. The largest absolute Gasteiger partial charge is 0.469 e. The number of benzene rings is 2. The highest BCUT2D eigenvalue weighted by Gasteiger charge is 2.47. The van der Waals surface area contributed by atoms with E-state index in [0.29, 0.717) is 32.5 Å². The van der Waals surface area contributed by atoms with Crippen molar-refractivity contribution in [2.24, 2.45) is 0 Å². The highest BCUT2D eigenvalue weighted by Crippen LogP contribution is 2.40. The van der Waals surface area contributed by atoms with Gasteiger partial charge in [0, 0.05) is 38.0 Å². The quantitative estimate of drug-likeness (QED) is 0.541. The molecule has 3 aromatic rings. The lowest BCUT2D eigenvalue weighted by Gasteiger charge is -2.45. The number of nitrogens with zero attached hydrogens (tertiary/aromatic N) is 2. The van der Waals surface area contributed by atoms with Crippen LogP contribution >= 0.6 is 0 Å². The van der Waals surface area contributed by atoms with Gasteiger partial charge in [-0.3, -0.25) is 9.59 Å². The third-order valence-corrected chi connectivity index (χ3v) is 7.38. The lowest BCUT2D eigenvalue weighted by Crippen LogP contribution is -2.54. The summed E-state index contributed by atoms with van der Waals surface area (Å²) in [6.07, 6.45) is 5.23. The second-order valence-electron chi connectivity index (χ2n) is 9.25. The second-order valence-corrected chi connectivity index (χ2v) is 9.25. The van der Waals surface area contributed by atoms with Crippen molar-refractivity contribution in [3.8, 4) is 0 Å². The number of rotatable bonds is 6. The van der Waals surface area contributed by atoms with Crippen LogP contribution < -0.4 is 0 Å². The molecule has 2 fully saturated rings. The Morgan fingerprint density at radius 1 is 0.909 bits per heavy atom. The standard InChI is InChI=1S/C28H30N2O3/c31-26-13-14-28(30(26)21-22-8-3-1-4-9-22)15-17-29(18-16-28)27(32)20-24(25-12-7-19-33-25)23-10-5-2-6-11-23/h1-12,19,24H,13-18,20-21H2. The first-order chi connectivity index (χ1) is 16.1. The minimum absolute atomic E-state index is 0.0905. The zero-order valence-electron chi connectivity index (χ0n) is 18.9. The Bertz CT molecular complexity index is 1070. The molecular formula is C28H30N2O3. The molecule has 0 saturated carbocycles. The van der Waals surface area contributed by atoms with Gasteiger partial charge in [-0.15, -0.1) is 0 Å². The number of hydrogen-bond acceptors (Lipinski definition) is 3. The number of carbonyl (C=O) groups is 2. The van der Waals surface area contributed by atoms with Crippen molar-refractivity contribution < 1.29 is 14.0 Å². The van der Waals surface area contributed by atoms with Crippen molar-refractivity contribution in [2.45, 2.75) is 50.1 Å². The third kappa shape index (κ3) is 4.45. The molecule has 33 heavy (non-hydrogen) atoms. The summed E-state index contributed by atoms with van der Waals surface area (Å²) in [4.78, 5) is 30.1. The number of carbonyl (C=O) groups excluding carboxylic acids is 2. The Morgan fingerprint density at radius 3 is 2.27 bits per heavy atom. The molecule has 0 radical (unpaired) electrons. The first kappa shape index (κ1) is 21.5. The monoisotopic (exact) mass is 442 g/mol. The lowest BCUT2D eigenvalue weighted by atomic mass is 9.84. The lowest BCUT2D eigenvalue weighted by molar-refractivity contribution is -0.137. The predicted molar refractivity (Wildman–Crippen MR) is 126 cm³/mol. The van der Waals surface area contributed by atoms with Crippen LogP contribution in [0, 0.1) is 0 Å². The SMILES string of the molecule is O=C(CC(c1ccccc1)c1ccco1)N1CCC2(CCC(=O)N2Cc2ccccc2)CC1. The van der Waals surface area contributed by atoms with Crippen molar-refractivity contribution in [1.82, 2.24) is 9.80 Å². The zero-order chi connectivity index (χ0) is 22.7. The van der Waals surface area contributed by atoms with E-state index in [2.05, 4.69) is 29.2 Å². The molecule has 2 aliphatic heterocycles. The van der Waals surface area contributed by atoms with Crippen molar-refractivity contribution >= 4 is 11.8 Å². The summed E-state index contributed by atoms with van der Waals surface area (Å²) in [6, 6.07) is 24.1. The van der Waals surface area contributed by atoms with Gasteiger partial charge in [-0.2, -0.15) is 0 Å². The number of piperidine rings is 1. The van der Waals surface area contributed by atoms with Gasteiger partial charge in [0.05, 0.1) is 12.2 Å². The van der Waals surface area contributed by atoms with Crippen molar-refractivity contribution in [2.75, 3.05) is 13.1 Å². The maximum absolute atomic E-state index is 13.3. The predicted octanol–water partition coefficient (Wildman–Crippen LogP) is 4.99. The first-order valence-electron chi connectivity index (χ1n) is 11.9. The van der Waals surface area contributed by atoms with E-state index in [9.17, 15) is 9.59 Å². The molecule has 1 unspecified atom stereocenters. The zero-order valence-corrected chi connectivity index (χ0v) is 18.9. The molecule has 2 aromatic carbocycles. The van der Waals surface area contributed by atoms with E-state index in [1.807, 2.05) is 53.4 Å². The van der Waals surface area contributed by atoms with Gasteiger partial charge in [0.1, 0.15) is 5.76 Å². The normalized spacial score (nSPS) is 18.6. The average molecular weight is 443 g/mol. The van der Waals surface area contributed by atoms with E-state index < -0.39 is 0 Å². The smallest absolute Gasteiger partial charge is 0.223 e. The Kier molecular flexibility index (Phi) is 6.03. The van der Waals surface area contributed by atoms with E-state index in [1.54, 1.807) is 6.26 Å². The van der Waals surface area contributed by atoms with Crippen LogP contribution in [0.5, 0.6) is 0 Å². The van der Waals surface area contributed by atoms with Crippen LogP contribution in [0.2, 0.25) is 0 Å². The van der Waals surface area contributed by atoms with Gasteiger partial charge in [-0.05, 0) is 42.5 Å². The van der Waals surface area contributed by atoms with Crippen LogP contribution in [0.25, 0.3) is 0 Å². The van der Waals surface area contributed by atoms with Gasteiger partial charge in [-0.25, -0.2) is 0 Å². The number of amides is 2. The maximum atomic E-state index is 13.3. The third-order valence-electron chi connectivity index (χ3n) is 7.38. The number of furan rings is 1. The van der Waals surface area contributed by atoms with E-state index in [1.165, 1.54) is 0 Å². The summed E-state index contributed by atoms with van der Waals surface area (Å²) in [7, 11) is 0. The maximum Gasteiger partial charge on any atom is 0.223 e. The van der Waals surface area contributed by atoms with Gasteiger partial charge >= 0.3 is 0 Å². The second kappa shape index (κ2) is 9.26. The van der Waals surface area contributed by atoms with Crippen molar-refractivity contribution in [3.05, 3.63) is 95.9 Å². The fourth-order valence-electron chi connectivity index (χ4n) is 5.45. The molecule has 5 heteroatoms. The summed E-state index contributed by atoms with van der Waals surface area (Å²) in [5.74, 6) is 1.11. The molecule has 5 nitrogen and oxygen atoms in total. The summed E-state index contributed by atoms with van der Waals surface area (Å²) in [6.45, 7) is 2.04. The minimum atomic E-state index is -0.121. The summed E-state index contributed by atoms with van der Waals surface area (Å²) in [5.41, 5.74) is 2.13. The molecule has 170 valence electrons. The van der Waals surface area contributed by atoms with E-state index >= 15 is 0 Å². The highest BCUT2D eigenvalue weighted by molar-refractivity contribution is 5.80. The molecular weight excluding hydrogens is 412 g/mol. The molecule has 1 atom stereocenters. The highest BCUT2D eigenvalue weighted by atomic mass is 16.3. The summed E-state index contributed by atoms with van der Waals surface area (Å²) < 4.78 is 5.68. The van der Waals surface area contributed by atoms with Crippen molar-refractivity contribution in [3.63, 3.8) is 0 Å². The molecule has 0 bridgehead atoms.